The molecule has 5 rings (SSSR count). The molecule has 1 aliphatic carbocycles. The minimum Gasteiger partial charge on any atom is -0.289 e. The number of anilines is 1. The number of rotatable bonds is 2. The number of benzene rings is 2. The predicted octanol–water partition coefficient (Wildman–Crippen LogP) is 3.67. The zero-order valence-corrected chi connectivity index (χ0v) is 17.0. The lowest BCUT2D eigenvalue weighted by Gasteiger charge is -2.34. The molecule has 0 unspecified atom stereocenters. The SMILES string of the molecule is CC1=NN(c2ccccc2)C(=O)[C@]12C(c1ccccc1)=CC(=O)c1c(C)nn(C)c12. The highest BCUT2D eigenvalue weighted by atomic mass is 16.2. The molecular weight excluding hydrogens is 376 g/mol. The highest BCUT2D eigenvalue weighted by Gasteiger charge is 2.59. The molecule has 1 aliphatic heterocycles. The second-order valence-corrected chi connectivity index (χ2v) is 7.61. The van der Waals surface area contributed by atoms with E-state index in [1.54, 1.807) is 24.7 Å². The number of aryl methyl sites for hydroxylation is 2. The number of hydrogen-bond acceptors (Lipinski definition) is 4. The van der Waals surface area contributed by atoms with Crippen molar-refractivity contribution in [3.05, 3.63) is 89.3 Å². The standard InChI is InChI=1S/C24H20N4O2/c1-15-21-20(29)14-19(17-10-6-4-7-11-17)24(22(21)27(3)25-15)16(2)26-28(23(24)30)18-12-8-5-9-13-18/h4-14H,1-3H3/t24-/m0/s1. The van der Waals surface area contributed by atoms with Gasteiger partial charge in [-0.15, -0.1) is 0 Å². The van der Waals surface area contributed by atoms with Crippen molar-refractivity contribution in [3.8, 4) is 0 Å². The van der Waals surface area contributed by atoms with Gasteiger partial charge in [0.25, 0.3) is 5.91 Å². The molecule has 0 N–H and O–H groups in total. The summed E-state index contributed by atoms with van der Waals surface area (Å²) in [7, 11) is 1.78. The van der Waals surface area contributed by atoms with Crippen molar-refractivity contribution in [1.29, 1.82) is 0 Å². The Morgan fingerprint density at radius 3 is 2.20 bits per heavy atom. The maximum absolute atomic E-state index is 14.1. The van der Waals surface area contributed by atoms with Crippen LogP contribution in [0.1, 0.15) is 34.2 Å². The summed E-state index contributed by atoms with van der Waals surface area (Å²) in [4.78, 5) is 27.2. The van der Waals surface area contributed by atoms with Crippen LogP contribution in [0.15, 0.2) is 71.8 Å². The zero-order chi connectivity index (χ0) is 21.0. The molecule has 148 valence electrons. The minimum atomic E-state index is -1.21. The maximum Gasteiger partial charge on any atom is 0.270 e. The normalized spacial score (nSPS) is 20.4. The monoisotopic (exact) mass is 396 g/mol. The first kappa shape index (κ1) is 18.2. The average molecular weight is 396 g/mol. The van der Waals surface area contributed by atoms with E-state index in [0.29, 0.717) is 33.9 Å². The minimum absolute atomic E-state index is 0.140. The van der Waals surface area contributed by atoms with Gasteiger partial charge in [0.15, 0.2) is 11.2 Å². The number of amides is 1. The fourth-order valence-corrected chi connectivity index (χ4v) is 4.65. The van der Waals surface area contributed by atoms with E-state index in [4.69, 9.17) is 0 Å². The van der Waals surface area contributed by atoms with Crippen molar-refractivity contribution >= 4 is 28.7 Å². The second kappa shape index (κ2) is 6.35. The molecule has 6 heteroatoms. The van der Waals surface area contributed by atoms with E-state index in [2.05, 4.69) is 10.2 Å². The molecule has 1 aromatic heterocycles. The molecule has 1 amide bonds. The molecule has 2 aliphatic rings. The quantitative estimate of drug-likeness (QED) is 0.664. The Labute approximate surface area is 174 Å². The highest BCUT2D eigenvalue weighted by molar-refractivity contribution is 6.34. The number of allylic oxidation sites excluding steroid dienone is 1. The molecular formula is C24H20N4O2. The molecule has 6 nitrogen and oxygen atoms in total. The van der Waals surface area contributed by atoms with E-state index in [0.717, 1.165) is 5.56 Å². The summed E-state index contributed by atoms with van der Waals surface area (Å²) in [6.45, 7) is 3.65. The lowest BCUT2D eigenvalue weighted by atomic mass is 9.66. The summed E-state index contributed by atoms with van der Waals surface area (Å²) in [6, 6.07) is 18.9. The first-order valence-electron chi connectivity index (χ1n) is 9.77. The Kier molecular flexibility index (Phi) is 3.86. The molecule has 0 fully saturated rings. The molecule has 0 bridgehead atoms. The summed E-state index contributed by atoms with van der Waals surface area (Å²) in [5.41, 5.74) is 3.20. The summed E-state index contributed by atoms with van der Waals surface area (Å²) in [5.74, 6) is -0.350. The predicted molar refractivity (Wildman–Crippen MR) is 115 cm³/mol. The van der Waals surface area contributed by atoms with Crippen LogP contribution in [-0.2, 0) is 17.3 Å². The van der Waals surface area contributed by atoms with Crippen LogP contribution < -0.4 is 5.01 Å². The van der Waals surface area contributed by atoms with E-state index in [1.165, 1.54) is 5.01 Å². The number of nitrogens with zero attached hydrogens (tertiary/aromatic N) is 4. The number of aromatic nitrogens is 2. The van der Waals surface area contributed by atoms with E-state index in [-0.39, 0.29) is 11.7 Å². The van der Waals surface area contributed by atoms with Gasteiger partial charge in [0, 0.05) is 7.05 Å². The van der Waals surface area contributed by atoms with Gasteiger partial charge in [-0.2, -0.15) is 15.2 Å². The summed E-state index contributed by atoms with van der Waals surface area (Å²) < 4.78 is 1.66. The lowest BCUT2D eigenvalue weighted by Crippen LogP contribution is -2.48. The number of para-hydroxylation sites is 1. The van der Waals surface area contributed by atoms with Crippen molar-refractivity contribution < 1.29 is 9.59 Å². The fraction of sp³-hybridized carbons (Fsp3) is 0.167. The van der Waals surface area contributed by atoms with Gasteiger partial charge in [0.2, 0.25) is 0 Å². The first-order chi connectivity index (χ1) is 14.5. The van der Waals surface area contributed by atoms with Crippen LogP contribution in [0.5, 0.6) is 0 Å². The molecule has 2 aromatic carbocycles. The lowest BCUT2D eigenvalue weighted by molar-refractivity contribution is -0.119. The number of carbonyl (C=O) groups excluding carboxylic acids is 2. The smallest absolute Gasteiger partial charge is 0.270 e. The van der Waals surface area contributed by atoms with Gasteiger partial charge in [-0.25, -0.2) is 0 Å². The number of fused-ring (bicyclic) bond motifs is 2. The number of carbonyl (C=O) groups is 2. The summed E-state index contributed by atoms with van der Waals surface area (Å²) in [6.07, 6.45) is 1.58. The second-order valence-electron chi connectivity index (χ2n) is 7.61. The number of hydrazone groups is 1. The molecule has 2 heterocycles. The third-order valence-electron chi connectivity index (χ3n) is 5.89. The van der Waals surface area contributed by atoms with Crippen LogP contribution >= 0.6 is 0 Å². The third kappa shape index (κ3) is 2.24. The van der Waals surface area contributed by atoms with Gasteiger partial charge in [0.1, 0.15) is 0 Å². The van der Waals surface area contributed by atoms with Crippen LogP contribution in [0.25, 0.3) is 5.57 Å². The van der Waals surface area contributed by atoms with Gasteiger partial charge in [-0.3, -0.25) is 14.3 Å². The summed E-state index contributed by atoms with van der Waals surface area (Å²) in [5, 5.41) is 10.6. The Balaban J connectivity index is 1.83. The van der Waals surface area contributed by atoms with Crippen LogP contribution in [0.3, 0.4) is 0 Å². The van der Waals surface area contributed by atoms with Crippen LogP contribution in [-0.4, -0.2) is 27.2 Å². The largest absolute Gasteiger partial charge is 0.289 e. The Morgan fingerprint density at radius 1 is 0.900 bits per heavy atom. The number of hydrogen-bond donors (Lipinski definition) is 0. The van der Waals surface area contributed by atoms with Gasteiger partial charge >= 0.3 is 0 Å². The molecule has 3 aromatic rings. The molecule has 0 radical (unpaired) electrons. The Hall–Kier alpha value is -3.80. The Morgan fingerprint density at radius 2 is 1.53 bits per heavy atom. The van der Waals surface area contributed by atoms with Gasteiger partial charge in [0.05, 0.1) is 28.4 Å². The van der Waals surface area contributed by atoms with E-state index >= 15 is 0 Å². The van der Waals surface area contributed by atoms with Crippen LogP contribution in [0.2, 0.25) is 0 Å². The average Bonchev–Trinajstić information content (AvgIpc) is 3.20. The van der Waals surface area contributed by atoms with Gasteiger partial charge in [-0.05, 0) is 43.2 Å². The van der Waals surface area contributed by atoms with E-state index in [9.17, 15) is 9.59 Å². The molecule has 0 saturated carbocycles. The van der Waals surface area contributed by atoms with E-state index in [1.807, 2.05) is 67.6 Å². The van der Waals surface area contributed by atoms with Crippen molar-refractivity contribution in [1.82, 2.24) is 9.78 Å². The maximum atomic E-state index is 14.1. The van der Waals surface area contributed by atoms with Crippen molar-refractivity contribution in [2.45, 2.75) is 19.3 Å². The van der Waals surface area contributed by atoms with Crippen molar-refractivity contribution in [2.75, 3.05) is 5.01 Å². The van der Waals surface area contributed by atoms with Gasteiger partial charge < -0.3 is 0 Å². The third-order valence-corrected chi connectivity index (χ3v) is 5.89. The van der Waals surface area contributed by atoms with Crippen molar-refractivity contribution in [2.24, 2.45) is 12.1 Å². The number of ketones is 1. The topological polar surface area (TPSA) is 67.6 Å². The molecule has 1 spiro atoms. The first-order valence-corrected chi connectivity index (χ1v) is 9.77. The Bertz CT molecular complexity index is 1260. The molecule has 0 saturated heterocycles. The van der Waals surface area contributed by atoms with Crippen LogP contribution in [0.4, 0.5) is 5.69 Å². The van der Waals surface area contributed by atoms with E-state index < -0.39 is 5.41 Å². The summed E-state index contributed by atoms with van der Waals surface area (Å²) >= 11 is 0. The zero-order valence-electron chi connectivity index (χ0n) is 17.0. The fourth-order valence-electron chi connectivity index (χ4n) is 4.65. The van der Waals surface area contributed by atoms with Crippen molar-refractivity contribution in [3.63, 3.8) is 0 Å². The molecule has 1 atom stereocenters. The highest BCUT2D eigenvalue weighted by Crippen LogP contribution is 2.49. The van der Waals surface area contributed by atoms with Gasteiger partial charge in [-0.1, -0.05) is 48.5 Å². The van der Waals surface area contributed by atoms with Crippen LogP contribution in [0, 0.1) is 6.92 Å². The molecule has 30 heavy (non-hydrogen) atoms.